The third-order valence-corrected chi connectivity index (χ3v) is 7.59. The smallest absolute Gasteiger partial charge is 0.217 e. The molecule has 1 N–H and O–H groups in total. The second-order valence-electron chi connectivity index (χ2n) is 9.29. The van der Waals surface area contributed by atoms with Crippen LogP contribution in [0.3, 0.4) is 0 Å². The molecule has 1 saturated heterocycles. The molecule has 1 amide bonds. The topological polar surface area (TPSA) is 32.3 Å². The van der Waals surface area contributed by atoms with Gasteiger partial charge in [0.05, 0.1) is 6.04 Å². The Hall–Kier alpha value is -1.35. The summed E-state index contributed by atoms with van der Waals surface area (Å²) >= 11 is 0. The quantitative estimate of drug-likeness (QED) is 0.789. The van der Waals surface area contributed by atoms with Crippen molar-refractivity contribution in [2.75, 3.05) is 19.6 Å². The average Bonchev–Trinajstić information content (AvgIpc) is 2.71. The number of piperidine rings is 1. The average molecular weight is 371 g/mol. The summed E-state index contributed by atoms with van der Waals surface area (Å²) in [5, 5.41) is 3.18. The highest BCUT2D eigenvalue weighted by Crippen LogP contribution is 2.48. The zero-order valence-electron chi connectivity index (χ0n) is 17.0. The molecule has 150 valence electrons. The fourth-order valence-corrected chi connectivity index (χ4v) is 5.95. The van der Waals surface area contributed by atoms with Gasteiger partial charge in [0.25, 0.3) is 0 Å². The summed E-state index contributed by atoms with van der Waals surface area (Å²) in [4.78, 5) is 14.3. The first-order valence-corrected chi connectivity index (χ1v) is 11.3. The SMILES string of the molecule is CC(=O)N[C@H]1CCC2(CCN(CCC3CCCCC3)CC2)c2ccccc21.[HH]. The minimum atomic E-state index is 0. The lowest BCUT2D eigenvalue weighted by Gasteiger charge is -2.47. The predicted octanol–water partition coefficient (Wildman–Crippen LogP) is 5.21. The number of rotatable bonds is 4. The Labute approximate surface area is 166 Å². The van der Waals surface area contributed by atoms with E-state index in [1.165, 1.54) is 88.5 Å². The lowest BCUT2D eigenvalue weighted by Crippen LogP contribution is -2.46. The minimum Gasteiger partial charge on any atom is -0.350 e. The number of carbonyl (C=O) groups is 1. The molecule has 0 radical (unpaired) electrons. The Balaban J connectivity index is 0.00000225. The summed E-state index contributed by atoms with van der Waals surface area (Å²) in [5.41, 5.74) is 3.23. The van der Waals surface area contributed by atoms with E-state index in [9.17, 15) is 4.79 Å². The molecule has 2 fully saturated rings. The van der Waals surface area contributed by atoms with Gasteiger partial charge in [-0.15, -0.1) is 0 Å². The van der Waals surface area contributed by atoms with Crippen LogP contribution in [0.2, 0.25) is 0 Å². The predicted molar refractivity (Wildman–Crippen MR) is 113 cm³/mol. The molecule has 3 heteroatoms. The zero-order valence-corrected chi connectivity index (χ0v) is 17.0. The molecule has 0 bridgehead atoms. The van der Waals surface area contributed by atoms with Crippen LogP contribution >= 0.6 is 0 Å². The summed E-state index contributed by atoms with van der Waals surface area (Å²) in [6, 6.07) is 9.10. The van der Waals surface area contributed by atoms with Crippen molar-refractivity contribution in [2.45, 2.75) is 82.6 Å². The maximum Gasteiger partial charge on any atom is 0.217 e. The second kappa shape index (κ2) is 8.34. The molecule has 0 aromatic heterocycles. The fraction of sp³-hybridized carbons (Fsp3) is 0.708. The Morgan fingerprint density at radius 3 is 2.59 bits per heavy atom. The largest absolute Gasteiger partial charge is 0.350 e. The highest BCUT2D eigenvalue weighted by molar-refractivity contribution is 5.73. The maximum absolute atomic E-state index is 11.6. The molecule has 4 rings (SSSR count). The van der Waals surface area contributed by atoms with Crippen LogP contribution < -0.4 is 5.32 Å². The molecule has 3 nitrogen and oxygen atoms in total. The molecule has 1 aliphatic heterocycles. The maximum atomic E-state index is 11.6. The van der Waals surface area contributed by atoms with Gasteiger partial charge >= 0.3 is 0 Å². The molecule has 1 saturated carbocycles. The van der Waals surface area contributed by atoms with Crippen LogP contribution in [0.25, 0.3) is 0 Å². The fourth-order valence-electron chi connectivity index (χ4n) is 5.95. The van der Waals surface area contributed by atoms with Gasteiger partial charge in [-0.1, -0.05) is 56.4 Å². The standard InChI is InChI=1S/C24H36N2O.H2/c1-19(27)25-23-11-13-24(22-10-6-5-9-21(22)23)14-17-26(18-15-24)16-12-20-7-3-2-4-8-20;/h5-6,9-10,20,23H,2-4,7-8,11-18H2,1H3,(H,25,27);1H/t23-;/m0./s1. The van der Waals surface area contributed by atoms with Gasteiger partial charge in [0.2, 0.25) is 5.91 Å². The summed E-state index contributed by atoms with van der Waals surface area (Å²) < 4.78 is 0. The molecule has 0 unspecified atom stereocenters. The van der Waals surface area contributed by atoms with Crippen molar-refractivity contribution in [3.63, 3.8) is 0 Å². The van der Waals surface area contributed by atoms with Crippen LogP contribution in [-0.4, -0.2) is 30.4 Å². The lowest BCUT2D eigenvalue weighted by molar-refractivity contribution is -0.119. The normalized spacial score (nSPS) is 25.9. The van der Waals surface area contributed by atoms with E-state index in [0.717, 1.165) is 12.3 Å². The van der Waals surface area contributed by atoms with Gasteiger partial charge in [-0.05, 0) is 74.2 Å². The number of nitrogens with one attached hydrogen (secondary N) is 1. The molecular formula is C24H38N2O. The van der Waals surface area contributed by atoms with Crippen LogP contribution in [-0.2, 0) is 10.2 Å². The number of hydrogen-bond acceptors (Lipinski definition) is 2. The zero-order chi connectivity index (χ0) is 18.7. The first kappa shape index (κ1) is 19.0. The third kappa shape index (κ3) is 4.23. The van der Waals surface area contributed by atoms with Gasteiger partial charge in [-0.25, -0.2) is 0 Å². The van der Waals surface area contributed by atoms with Crippen molar-refractivity contribution in [3.8, 4) is 0 Å². The van der Waals surface area contributed by atoms with Crippen LogP contribution in [0.15, 0.2) is 24.3 Å². The van der Waals surface area contributed by atoms with E-state index < -0.39 is 0 Å². The van der Waals surface area contributed by atoms with Gasteiger partial charge in [-0.3, -0.25) is 4.79 Å². The number of carbonyl (C=O) groups excluding carboxylic acids is 1. The summed E-state index contributed by atoms with van der Waals surface area (Å²) in [6.07, 6.45) is 13.6. The van der Waals surface area contributed by atoms with E-state index in [1.54, 1.807) is 6.92 Å². The Bertz CT molecular complexity index is 648. The van der Waals surface area contributed by atoms with Crippen LogP contribution in [0.4, 0.5) is 0 Å². The molecule has 1 atom stereocenters. The van der Waals surface area contributed by atoms with Gasteiger partial charge in [0.15, 0.2) is 0 Å². The van der Waals surface area contributed by atoms with E-state index in [2.05, 4.69) is 34.5 Å². The Kier molecular flexibility index (Phi) is 5.87. The van der Waals surface area contributed by atoms with Crippen molar-refractivity contribution in [1.29, 1.82) is 0 Å². The first-order valence-electron chi connectivity index (χ1n) is 11.3. The van der Waals surface area contributed by atoms with Crippen LogP contribution in [0.5, 0.6) is 0 Å². The van der Waals surface area contributed by atoms with Crippen molar-refractivity contribution < 1.29 is 6.22 Å². The van der Waals surface area contributed by atoms with E-state index in [4.69, 9.17) is 0 Å². The molecule has 1 spiro atoms. The van der Waals surface area contributed by atoms with Crippen molar-refractivity contribution in [1.82, 2.24) is 10.2 Å². The second-order valence-corrected chi connectivity index (χ2v) is 9.29. The van der Waals surface area contributed by atoms with Gasteiger partial charge in [-0.2, -0.15) is 0 Å². The Morgan fingerprint density at radius 1 is 1.11 bits per heavy atom. The molecule has 2 aliphatic carbocycles. The number of nitrogens with zero attached hydrogens (tertiary/aromatic N) is 1. The molecule has 1 aromatic carbocycles. The lowest BCUT2D eigenvalue weighted by atomic mass is 9.63. The summed E-state index contributed by atoms with van der Waals surface area (Å²) in [7, 11) is 0. The van der Waals surface area contributed by atoms with E-state index in [0.29, 0.717) is 5.41 Å². The van der Waals surface area contributed by atoms with E-state index >= 15 is 0 Å². The number of likely N-dealkylation sites (tertiary alicyclic amines) is 1. The van der Waals surface area contributed by atoms with Crippen molar-refractivity contribution in [2.24, 2.45) is 5.92 Å². The molecule has 1 heterocycles. The van der Waals surface area contributed by atoms with E-state index in [1.807, 2.05) is 0 Å². The minimum absolute atomic E-state index is 0. The number of amides is 1. The Morgan fingerprint density at radius 2 is 1.85 bits per heavy atom. The highest BCUT2D eigenvalue weighted by atomic mass is 16.1. The molecular weight excluding hydrogens is 332 g/mol. The summed E-state index contributed by atoms with van der Waals surface area (Å²) in [5.74, 6) is 1.08. The number of fused-ring (bicyclic) bond motifs is 2. The number of hydrogen-bond donors (Lipinski definition) is 1. The first-order chi connectivity index (χ1) is 13.2. The monoisotopic (exact) mass is 370 g/mol. The van der Waals surface area contributed by atoms with Crippen molar-refractivity contribution in [3.05, 3.63) is 35.4 Å². The van der Waals surface area contributed by atoms with Crippen LogP contribution in [0.1, 0.15) is 89.7 Å². The molecule has 3 aliphatic rings. The van der Waals surface area contributed by atoms with E-state index in [-0.39, 0.29) is 13.4 Å². The third-order valence-electron chi connectivity index (χ3n) is 7.59. The number of benzene rings is 1. The summed E-state index contributed by atoms with van der Waals surface area (Å²) in [6.45, 7) is 5.42. The van der Waals surface area contributed by atoms with Gasteiger partial charge in [0, 0.05) is 8.35 Å². The molecule has 27 heavy (non-hydrogen) atoms. The van der Waals surface area contributed by atoms with Crippen LogP contribution in [0, 0.1) is 5.92 Å². The van der Waals surface area contributed by atoms with Crippen molar-refractivity contribution >= 4 is 5.91 Å². The van der Waals surface area contributed by atoms with Gasteiger partial charge < -0.3 is 10.2 Å². The highest BCUT2D eigenvalue weighted by Gasteiger charge is 2.41. The molecule has 1 aromatic rings. The van der Waals surface area contributed by atoms with Gasteiger partial charge in [0.1, 0.15) is 0 Å².